The lowest BCUT2D eigenvalue weighted by Gasteiger charge is -2.34. The van der Waals surface area contributed by atoms with E-state index in [-0.39, 0.29) is 24.8 Å². The molecule has 0 unspecified atom stereocenters. The Bertz CT molecular complexity index is 364. The summed E-state index contributed by atoms with van der Waals surface area (Å²) in [5, 5.41) is 3.92. The minimum Gasteiger partial charge on any atom is -0.314 e. The molecular weight excluding hydrogens is 305 g/mol. The minimum atomic E-state index is 0. The summed E-state index contributed by atoms with van der Waals surface area (Å²) in [5.74, 6) is 0. The minimum absolute atomic E-state index is 0. The molecule has 3 nitrogen and oxygen atoms in total. The van der Waals surface area contributed by atoms with Gasteiger partial charge in [-0.05, 0) is 18.1 Å². The van der Waals surface area contributed by atoms with Crippen molar-refractivity contribution in [2.45, 2.75) is 12.5 Å². The molecule has 2 rings (SSSR count). The number of aromatic nitrogens is 1. The number of pyridine rings is 1. The molecule has 0 aromatic carbocycles. The fourth-order valence-corrected chi connectivity index (χ4v) is 2.34. The van der Waals surface area contributed by atoms with Gasteiger partial charge in [-0.3, -0.25) is 4.90 Å². The number of hydrogen-bond donors (Lipinski definition) is 1. The highest BCUT2D eigenvalue weighted by molar-refractivity contribution is 6.29. The standard InChI is InChI=1S/C13H18ClN3.2ClH/c1-2-3-12(17-8-6-15-7-9-17)11-4-5-13(14)16-10-11;;/h2,4-5,10,12,15H,1,3,6-9H2;2*1H/t12-;;/m0../s1. The van der Waals surface area contributed by atoms with E-state index in [4.69, 9.17) is 11.6 Å². The molecule has 0 aliphatic carbocycles. The second-order valence-corrected chi connectivity index (χ2v) is 4.63. The Hall–Kier alpha value is -0.320. The Morgan fingerprint density at radius 3 is 2.58 bits per heavy atom. The number of nitrogens with one attached hydrogen (secondary N) is 1. The molecule has 0 radical (unpaired) electrons. The molecule has 1 aliphatic heterocycles. The van der Waals surface area contributed by atoms with Gasteiger partial charge in [0, 0.05) is 38.4 Å². The average Bonchev–Trinajstić information content (AvgIpc) is 2.38. The van der Waals surface area contributed by atoms with Gasteiger partial charge in [0.1, 0.15) is 5.15 Å². The van der Waals surface area contributed by atoms with Crippen LogP contribution in [0.1, 0.15) is 18.0 Å². The lowest BCUT2D eigenvalue weighted by atomic mass is 10.0. The van der Waals surface area contributed by atoms with Gasteiger partial charge in [0.2, 0.25) is 0 Å². The summed E-state index contributed by atoms with van der Waals surface area (Å²) in [6.45, 7) is 8.09. The highest BCUT2D eigenvalue weighted by Crippen LogP contribution is 2.25. The summed E-state index contributed by atoms with van der Waals surface area (Å²) >= 11 is 5.82. The predicted molar refractivity (Wildman–Crippen MR) is 85.7 cm³/mol. The zero-order valence-corrected chi connectivity index (χ0v) is 13.1. The maximum atomic E-state index is 5.82. The molecule has 1 fully saturated rings. The molecule has 0 amide bonds. The van der Waals surface area contributed by atoms with Crippen LogP contribution in [-0.2, 0) is 0 Å². The van der Waals surface area contributed by atoms with Crippen molar-refractivity contribution < 1.29 is 0 Å². The smallest absolute Gasteiger partial charge is 0.129 e. The Labute approximate surface area is 132 Å². The zero-order chi connectivity index (χ0) is 12.1. The number of halogens is 3. The van der Waals surface area contributed by atoms with Gasteiger partial charge in [-0.2, -0.15) is 0 Å². The Morgan fingerprint density at radius 1 is 1.37 bits per heavy atom. The van der Waals surface area contributed by atoms with Crippen LogP contribution < -0.4 is 5.32 Å². The van der Waals surface area contributed by atoms with Crippen LogP contribution in [0.4, 0.5) is 0 Å². The first-order chi connectivity index (χ1) is 8.31. The highest BCUT2D eigenvalue weighted by atomic mass is 35.5. The van der Waals surface area contributed by atoms with E-state index in [0.717, 1.165) is 32.6 Å². The molecule has 1 N–H and O–H groups in total. The molecule has 6 heteroatoms. The van der Waals surface area contributed by atoms with E-state index in [9.17, 15) is 0 Å². The molecule has 19 heavy (non-hydrogen) atoms. The van der Waals surface area contributed by atoms with E-state index in [0.29, 0.717) is 11.2 Å². The van der Waals surface area contributed by atoms with Crippen LogP contribution in [0.5, 0.6) is 0 Å². The summed E-state index contributed by atoms with van der Waals surface area (Å²) < 4.78 is 0. The highest BCUT2D eigenvalue weighted by Gasteiger charge is 2.21. The average molecular weight is 325 g/mol. The van der Waals surface area contributed by atoms with E-state index >= 15 is 0 Å². The number of rotatable bonds is 4. The lowest BCUT2D eigenvalue weighted by molar-refractivity contribution is 0.174. The fraction of sp³-hybridized carbons (Fsp3) is 0.462. The van der Waals surface area contributed by atoms with Gasteiger partial charge >= 0.3 is 0 Å². The maximum absolute atomic E-state index is 5.82. The molecule has 2 heterocycles. The number of piperazine rings is 1. The fourth-order valence-electron chi connectivity index (χ4n) is 2.23. The first kappa shape index (κ1) is 18.7. The van der Waals surface area contributed by atoms with Crippen molar-refractivity contribution in [3.8, 4) is 0 Å². The molecular formula is C13H20Cl3N3. The number of hydrogen-bond acceptors (Lipinski definition) is 3. The van der Waals surface area contributed by atoms with Crippen molar-refractivity contribution in [1.29, 1.82) is 0 Å². The zero-order valence-electron chi connectivity index (χ0n) is 10.7. The number of nitrogens with zero attached hydrogens (tertiary/aromatic N) is 2. The molecule has 0 spiro atoms. The monoisotopic (exact) mass is 323 g/mol. The van der Waals surface area contributed by atoms with E-state index in [1.165, 1.54) is 5.56 Å². The Morgan fingerprint density at radius 2 is 2.05 bits per heavy atom. The van der Waals surface area contributed by atoms with Gasteiger partial charge in [0.05, 0.1) is 0 Å². The molecule has 1 aromatic heterocycles. The molecule has 108 valence electrons. The topological polar surface area (TPSA) is 28.2 Å². The third-order valence-electron chi connectivity index (χ3n) is 3.12. The molecule has 1 atom stereocenters. The molecule has 1 aromatic rings. The van der Waals surface area contributed by atoms with Gasteiger partial charge in [-0.15, -0.1) is 31.4 Å². The molecule has 0 saturated carbocycles. The van der Waals surface area contributed by atoms with E-state index in [2.05, 4.69) is 27.8 Å². The summed E-state index contributed by atoms with van der Waals surface area (Å²) in [6, 6.07) is 4.29. The second-order valence-electron chi connectivity index (χ2n) is 4.24. The normalized spacial score (nSPS) is 16.9. The van der Waals surface area contributed by atoms with Crippen molar-refractivity contribution in [3.05, 3.63) is 41.7 Å². The van der Waals surface area contributed by atoms with Crippen LogP contribution in [-0.4, -0.2) is 36.1 Å². The molecule has 1 aliphatic rings. The van der Waals surface area contributed by atoms with E-state index in [1.807, 2.05) is 18.3 Å². The van der Waals surface area contributed by atoms with E-state index < -0.39 is 0 Å². The van der Waals surface area contributed by atoms with Gasteiger partial charge in [-0.1, -0.05) is 23.7 Å². The van der Waals surface area contributed by atoms with Gasteiger partial charge in [0.15, 0.2) is 0 Å². The van der Waals surface area contributed by atoms with Crippen LogP contribution in [0.25, 0.3) is 0 Å². The SMILES string of the molecule is C=CC[C@@H](c1ccc(Cl)nc1)N1CCNCC1.Cl.Cl. The first-order valence-electron chi connectivity index (χ1n) is 5.98. The molecule has 0 bridgehead atoms. The Balaban J connectivity index is 0.00000162. The quantitative estimate of drug-likeness (QED) is 0.681. The summed E-state index contributed by atoms with van der Waals surface area (Å²) in [7, 11) is 0. The van der Waals surface area contributed by atoms with Gasteiger partial charge < -0.3 is 5.32 Å². The lowest BCUT2D eigenvalue weighted by Crippen LogP contribution is -2.45. The van der Waals surface area contributed by atoms with Crippen molar-refractivity contribution >= 4 is 36.4 Å². The van der Waals surface area contributed by atoms with Crippen LogP contribution in [0.2, 0.25) is 5.15 Å². The summed E-state index contributed by atoms with van der Waals surface area (Å²) in [6.07, 6.45) is 4.79. The predicted octanol–water partition coefficient (Wildman–Crippen LogP) is 3.10. The first-order valence-corrected chi connectivity index (χ1v) is 6.36. The van der Waals surface area contributed by atoms with Crippen LogP contribution >= 0.6 is 36.4 Å². The van der Waals surface area contributed by atoms with E-state index in [1.54, 1.807) is 0 Å². The van der Waals surface area contributed by atoms with Crippen LogP contribution in [0.15, 0.2) is 31.0 Å². The largest absolute Gasteiger partial charge is 0.314 e. The second kappa shape index (κ2) is 9.56. The van der Waals surface area contributed by atoms with Crippen LogP contribution in [0, 0.1) is 0 Å². The van der Waals surface area contributed by atoms with Crippen LogP contribution in [0.3, 0.4) is 0 Å². The Kier molecular flexibility index (Phi) is 9.40. The van der Waals surface area contributed by atoms with Crippen molar-refractivity contribution in [2.24, 2.45) is 0 Å². The van der Waals surface area contributed by atoms with Crippen molar-refractivity contribution in [1.82, 2.24) is 15.2 Å². The van der Waals surface area contributed by atoms with Gasteiger partial charge in [-0.25, -0.2) is 4.98 Å². The maximum Gasteiger partial charge on any atom is 0.129 e. The summed E-state index contributed by atoms with van der Waals surface area (Å²) in [5.41, 5.74) is 1.22. The molecule has 1 saturated heterocycles. The van der Waals surface area contributed by atoms with Crippen molar-refractivity contribution in [3.63, 3.8) is 0 Å². The third-order valence-corrected chi connectivity index (χ3v) is 3.34. The summed E-state index contributed by atoms with van der Waals surface area (Å²) in [4.78, 5) is 6.64. The van der Waals surface area contributed by atoms with Crippen molar-refractivity contribution in [2.75, 3.05) is 26.2 Å². The van der Waals surface area contributed by atoms with Gasteiger partial charge in [0.25, 0.3) is 0 Å². The third kappa shape index (κ3) is 5.28.